The van der Waals surface area contributed by atoms with Crippen molar-refractivity contribution in [2.45, 2.75) is 38.3 Å². The molecule has 1 fully saturated rings. The van der Waals surface area contributed by atoms with E-state index in [-0.39, 0.29) is 6.04 Å². The number of hydrogen-bond acceptors (Lipinski definition) is 4. The number of carbonyl (C=O) groups is 1. The molecule has 1 aromatic heterocycles. The van der Waals surface area contributed by atoms with Crippen molar-refractivity contribution in [2.24, 2.45) is 0 Å². The van der Waals surface area contributed by atoms with E-state index in [2.05, 4.69) is 10.2 Å². The van der Waals surface area contributed by atoms with Crippen LogP contribution in [0.4, 0.5) is 0 Å². The molecule has 1 unspecified atom stereocenters. The second-order valence-corrected chi connectivity index (χ2v) is 5.01. The second-order valence-electron chi connectivity index (χ2n) is 5.01. The zero-order valence-electron chi connectivity index (χ0n) is 10.2. The van der Waals surface area contributed by atoms with Crippen molar-refractivity contribution in [1.82, 2.24) is 19.9 Å². The van der Waals surface area contributed by atoms with Gasteiger partial charge in [-0.25, -0.2) is 0 Å². The van der Waals surface area contributed by atoms with E-state index in [0.29, 0.717) is 12.2 Å². The van der Waals surface area contributed by atoms with Gasteiger partial charge < -0.3 is 10.0 Å². The first-order valence-electron chi connectivity index (χ1n) is 5.85. The molecule has 1 amide bonds. The predicted molar refractivity (Wildman–Crippen MR) is 61.2 cm³/mol. The van der Waals surface area contributed by atoms with Crippen LogP contribution in [0.15, 0.2) is 6.20 Å². The lowest BCUT2D eigenvalue weighted by Crippen LogP contribution is -2.36. The minimum absolute atomic E-state index is 0.116. The summed E-state index contributed by atoms with van der Waals surface area (Å²) in [6.45, 7) is 4.81. The van der Waals surface area contributed by atoms with Crippen molar-refractivity contribution in [2.75, 3.05) is 13.1 Å². The smallest absolute Gasteiger partial charge is 0.209 e. The quantitative estimate of drug-likeness (QED) is 0.769. The van der Waals surface area contributed by atoms with E-state index < -0.39 is 5.60 Å². The molecule has 0 aromatic carbocycles. The number of rotatable bonds is 3. The molecule has 6 heteroatoms. The van der Waals surface area contributed by atoms with Gasteiger partial charge in [0.1, 0.15) is 11.3 Å². The van der Waals surface area contributed by atoms with Gasteiger partial charge >= 0.3 is 0 Å². The number of carbonyl (C=O) groups excluding carboxylic acids is 1. The highest BCUT2D eigenvalue weighted by Crippen LogP contribution is 2.21. The molecule has 0 saturated carbocycles. The maximum atomic E-state index is 10.7. The molecule has 0 spiro atoms. The largest absolute Gasteiger partial charge is 0.384 e. The van der Waals surface area contributed by atoms with Crippen LogP contribution < -0.4 is 0 Å². The van der Waals surface area contributed by atoms with Crippen LogP contribution in [0.3, 0.4) is 0 Å². The molecule has 6 nitrogen and oxygen atoms in total. The molecule has 0 bridgehead atoms. The summed E-state index contributed by atoms with van der Waals surface area (Å²) in [6, 6.07) is 0.116. The fourth-order valence-electron chi connectivity index (χ4n) is 2.00. The van der Waals surface area contributed by atoms with Gasteiger partial charge in [-0.15, -0.1) is 0 Å². The van der Waals surface area contributed by atoms with Crippen LogP contribution in [0.1, 0.15) is 38.4 Å². The average Bonchev–Trinajstić information content (AvgIpc) is 2.78. The van der Waals surface area contributed by atoms with Crippen LogP contribution in [0.5, 0.6) is 0 Å². The van der Waals surface area contributed by atoms with Gasteiger partial charge in [-0.2, -0.15) is 15.0 Å². The molecule has 0 radical (unpaired) electrons. The fourth-order valence-corrected chi connectivity index (χ4v) is 2.00. The third-order valence-electron chi connectivity index (χ3n) is 3.04. The Morgan fingerprint density at radius 2 is 2.35 bits per heavy atom. The Hall–Kier alpha value is -1.43. The summed E-state index contributed by atoms with van der Waals surface area (Å²) in [5, 5.41) is 18.3. The third kappa shape index (κ3) is 2.63. The summed E-state index contributed by atoms with van der Waals surface area (Å²) in [7, 11) is 0. The highest BCUT2D eigenvalue weighted by Gasteiger charge is 2.25. The van der Waals surface area contributed by atoms with Gasteiger partial charge in [0.05, 0.1) is 12.2 Å². The first kappa shape index (κ1) is 12.0. The Labute approximate surface area is 100 Å². The standard InChI is InChI=1S/C11H18N4O2/c1-11(2,17)10-6-12-15(13-10)9-4-3-5-14(7-9)8-16/h6,8-9,17H,3-5,7H2,1-2H3. The Kier molecular flexibility index (Phi) is 3.15. The third-order valence-corrected chi connectivity index (χ3v) is 3.04. The maximum Gasteiger partial charge on any atom is 0.209 e. The zero-order chi connectivity index (χ0) is 12.5. The molecule has 94 valence electrons. The van der Waals surface area contributed by atoms with E-state index in [9.17, 15) is 9.90 Å². The van der Waals surface area contributed by atoms with E-state index in [1.54, 1.807) is 29.7 Å². The summed E-state index contributed by atoms with van der Waals surface area (Å²) < 4.78 is 0. The van der Waals surface area contributed by atoms with E-state index in [0.717, 1.165) is 25.8 Å². The number of piperidine rings is 1. The van der Waals surface area contributed by atoms with Crippen LogP contribution in [0.2, 0.25) is 0 Å². The van der Waals surface area contributed by atoms with Crippen molar-refractivity contribution in [3.05, 3.63) is 11.9 Å². The SMILES string of the molecule is CC(C)(O)c1cnn(C2CCCN(C=O)C2)n1. The molecular formula is C11H18N4O2. The van der Waals surface area contributed by atoms with E-state index >= 15 is 0 Å². The van der Waals surface area contributed by atoms with Crippen LogP contribution >= 0.6 is 0 Å². The number of aromatic nitrogens is 3. The minimum atomic E-state index is -0.975. The van der Waals surface area contributed by atoms with Crippen LogP contribution in [0, 0.1) is 0 Å². The van der Waals surface area contributed by atoms with Crippen LogP contribution in [-0.4, -0.2) is 44.5 Å². The first-order chi connectivity index (χ1) is 8.00. The van der Waals surface area contributed by atoms with Crippen molar-refractivity contribution in [3.63, 3.8) is 0 Å². The summed E-state index contributed by atoms with van der Waals surface area (Å²) in [5.74, 6) is 0. The van der Waals surface area contributed by atoms with Gasteiger partial charge in [0.25, 0.3) is 0 Å². The van der Waals surface area contributed by atoms with Gasteiger partial charge in [-0.05, 0) is 26.7 Å². The highest BCUT2D eigenvalue weighted by molar-refractivity contribution is 5.47. The van der Waals surface area contributed by atoms with Gasteiger partial charge in [0.2, 0.25) is 6.41 Å². The predicted octanol–water partition coefficient (Wildman–Crippen LogP) is 0.299. The number of nitrogens with zero attached hydrogens (tertiary/aromatic N) is 4. The molecule has 17 heavy (non-hydrogen) atoms. The Morgan fingerprint density at radius 1 is 1.59 bits per heavy atom. The Balaban J connectivity index is 2.12. The normalized spacial score (nSPS) is 21.6. The Bertz CT molecular complexity index is 396. The number of aliphatic hydroxyl groups is 1. The number of amides is 1. The molecular weight excluding hydrogens is 220 g/mol. The lowest BCUT2D eigenvalue weighted by molar-refractivity contribution is -0.119. The Morgan fingerprint density at radius 3 is 2.94 bits per heavy atom. The summed E-state index contributed by atoms with van der Waals surface area (Å²) in [4.78, 5) is 14.1. The topological polar surface area (TPSA) is 71.2 Å². The molecule has 1 aliphatic heterocycles. The minimum Gasteiger partial charge on any atom is -0.384 e. The van der Waals surface area contributed by atoms with E-state index in [1.165, 1.54) is 0 Å². The van der Waals surface area contributed by atoms with Gasteiger partial charge in [0, 0.05) is 13.1 Å². The zero-order valence-corrected chi connectivity index (χ0v) is 10.2. The fraction of sp³-hybridized carbons (Fsp3) is 0.727. The lowest BCUT2D eigenvalue weighted by atomic mass is 10.1. The molecule has 1 aromatic rings. The summed E-state index contributed by atoms with van der Waals surface area (Å²) >= 11 is 0. The highest BCUT2D eigenvalue weighted by atomic mass is 16.3. The molecule has 0 aliphatic carbocycles. The lowest BCUT2D eigenvalue weighted by Gasteiger charge is -2.29. The van der Waals surface area contributed by atoms with Crippen molar-refractivity contribution in [1.29, 1.82) is 0 Å². The molecule has 2 rings (SSSR count). The second kappa shape index (κ2) is 4.44. The van der Waals surface area contributed by atoms with Crippen molar-refractivity contribution in [3.8, 4) is 0 Å². The maximum absolute atomic E-state index is 10.7. The van der Waals surface area contributed by atoms with Crippen LogP contribution in [0.25, 0.3) is 0 Å². The summed E-state index contributed by atoms with van der Waals surface area (Å²) in [6.07, 6.45) is 4.37. The molecule has 1 N–H and O–H groups in total. The van der Waals surface area contributed by atoms with Gasteiger partial charge in [-0.1, -0.05) is 0 Å². The number of likely N-dealkylation sites (tertiary alicyclic amines) is 1. The summed E-state index contributed by atoms with van der Waals surface area (Å²) in [5.41, 5.74) is -0.419. The van der Waals surface area contributed by atoms with E-state index in [4.69, 9.17) is 0 Å². The molecule has 1 atom stereocenters. The monoisotopic (exact) mass is 238 g/mol. The van der Waals surface area contributed by atoms with E-state index in [1.807, 2.05) is 0 Å². The van der Waals surface area contributed by atoms with Gasteiger partial charge in [0.15, 0.2) is 0 Å². The molecule has 1 aliphatic rings. The molecule has 2 heterocycles. The van der Waals surface area contributed by atoms with Gasteiger partial charge in [-0.3, -0.25) is 4.79 Å². The van der Waals surface area contributed by atoms with Crippen molar-refractivity contribution < 1.29 is 9.90 Å². The number of hydrogen-bond donors (Lipinski definition) is 1. The van der Waals surface area contributed by atoms with Crippen molar-refractivity contribution >= 4 is 6.41 Å². The van der Waals surface area contributed by atoms with Crippen LogP contribution in [-0.2, 0) is 10.4 Å². The average molecular weight is 238 g/mol. The first-order valence-corrected chi connectivity index (χ1v) is 5.85. The molecule has 1 saturated heterocycles.